The van der Waals surface area contributed by atoms with Crippen molar-refractivity contribution in [2.24, 2.45) is 0 Å². The quantitative estimate of drug-likeness (QED) is 0.744. The number of amides is 1. The van der Waals surface area contributed by atoms with Gasteiger partial charge in [-0.2, -0.15) is 0 Å². The number of alkyl carbamates (subject to hydrolysis) is 1. The Hall–Kier alpha value is -1.21. The van der Waals surface area contributed by atoms with Gasteiger partial charge in [0.15, 0.2) is 0 Å². The first kappa shape index (κ1) is 21.8. The van der Waals surface area contributed by atoms with Crippen molar-refractivity contribution >= 4 is 16.4 Å². The van der Waals surface area contributed by atoms with Crippen molar-refractivity contribution in [3.63, 3.8) is 0 Å². The zero-order chi connectivity index (χ0) is 19.4. The molecule has 1 amide bonds. The second-order valence-electron chi connectivity index (χ2n) is 8.21. The fraction of sp³-hybridized carbons (Fsp3) is 0.778. The number of hydrogen-bond donors (Lipinski definition) is 1. The molecule has 146 valence electrons. The first-order chi connectivity index (χ1) is 11.3. The number of carbonyl (C=O) groups excluding carboxylic acids is 1. The second-order valence-corrected chi connectivity index (χ2v) is 11.9. The summed E-state index contributed by atoms with van der Waals surface area (Å²) >= 11 is 0. The Bertz CT molecular complexity index is 558. The molecule has 0 bridgehead atoms. The van der Waals surface area contributed by atoms with E-state index in [4.69, 9.17) is 13.4 Å². The molecular formula is C18H34N2O4S. The van der Waals surface area contributed by atoms with Gasteiger partial charge >= 0.3 is 6.09 Å². The highest BCUT2D eigenvalue weighted by Crippen LogP contribution is 2.43. The van der Waals surface area contributed by atoms with Gasteiger partial charge in [-0.05, 0) is 46.0 Å². The zero-order valence-corrected chi connectivity index (χ0v) is 17.8. The summed E-state index contributed by atoms with van der Waals surface area (Å²) in [7, 11) is -1.28. The summed E-state index contributed by atoms with van der Waals surface area (Å²) in [5.41, 5.74) is 0.154. The van der Waals surface area contributed by atoms with Crippen LogP contribution in [0.5, 0.6) is 0 Å². The van der Waals surface area contributed by atoms with Gasteiger partial charge in [0, 0.05) is 12.0 Å². The first-order valence-electron chi connectivity index (χ1n) is 8.65. The Morgan fingerprint density at radius 3 is 2.32 bits per heavy atom. The highest BCUT2D eigenvalue weighted by atomic mass is 32.3. The van der Waals surface area contributed by atoms with E-state index in [2.05, 4.69) is 29.2 Å². The average Bonchev–Trinajstić information content (AvgIpc) is 2.89. The van der Waals surface area contributed by atoms with Crippen LogP contribution in [0.15, 0.2) is 10.6 Å². The summed E-state index contributed by atoms with van der Waals surface area (Å²) in [5, 5.41) is 7.12. The molecule has 2 unspecified atom stereocenters. The van der Waals surface area contributed by atoms with Crippen molar-refractivity contribution in [2.45, 2.75) is 71.6 Å². The Kier molecular flexibility index (Phi) is 7.38. The molecule has 0 saturated carbocycles. The third kappa shape index (κ3) is 7.69. The minimum absolute atomic E-state index is 0.239. The maximum absolute atomic E-state index is 12.2. The molecule has 0 aromatic carbocycles. The van der Waals surface area contributed by atoms with Crippen LogP contribution in [-0.4, -0.2) is 41.7 Å². The number of rotatable bonds is 7. The summed E-state index contributed by atoms with van der Waals surface area (Å²) < 4.78 is 17.1. The maximum atomic E-state index is 12.2. The lowest BCUT2D eigenvalue weighted by atomic mass is 10.0. The molecule has 1 N–H and O–H groups in total. The summed E-state index contributed by atoms with van der Waals surface area (Å²) in [4.78, 5) is 12.2. The van der Waals surface area contributed by atoms with E-state index in [-0.39, 0.29) is 18.1 Å². The highest BCUT2D eigenvalue weighted by molar-refractivity contribution is 8.28. The van der Waals surface area contributed by atoms with E-state index in [1.807, 2.05) is 47.6 Å². The Balaban J connectivity index is 3.04. The predicted octanol–water partition coefficient (Wildman–Crippen LogP) is 4.77. The van der Waals surface area contributed by atoms with Crippen molar-refractivity contribution in [2.75, 3.05) is 18.8 Å². The lowest BCUT2D eigenvalue weighted by Gasteiger charge is -2.35. The molecule has 0 saturated heterocycles. The number of ether oxygens (including phenoxy) is 1. The lowest BCUT2D eigenvalue weighted by Crippen LogP contribution is -2.42. The van der Waals surface area contributed by atoms with Crippen LogP contribution in [0, 0.1) is 0 Å². The molecular weight excluding hydrogens is 340 g/mol. The molecule has 1 aromatic rings. The topological polar surface area (TPSA) is 73.6 Å². The molecule has 1 aromatic heterocycles. The number of aromatic nitrogens is 1. The van der Waals surface area contributed by atoms with Gasteiger partial charge < -0.3 is 18.8 Å². The smallest absolute Gasteiger partial charge is 0.407 e. The molecule has 1 heterocycles. The minimum Gasteiger partial charge on any atom is -0.444 e. The van der Waals surface area contributed by atoms with Crippen LogP contribution in [0.3, 0.4) is 0 Å². The molecule has 7 heteroatoms. The van der Waals surface area contributed by atoms with Crippen LogP contribution in [0.4, 0.5) is 4.79 Å². The Morgan fingerprint density at radius 2 is 1.92 bits per heavy atom. The van der Waals surface area contributed by atoms with Crippen molar-refractivity contribution < 1.29 is 18.2 Å². The van der Waals surface area contributed by atoms with E-state index in [1.54, 1.807) is 0 Å². The fourth-order valence-electron chi connectivity index (χ4n) is 2.19. The molecule has 0 aliphatic carbocycles. The summed E-state index contributed by atoms with van der Waals surface area (Å²) in [6, 6.07) is 1.66. The minimum atomic E-state index is -1.28. The fourth-order valence-corrected chi connectivity index (χ4v) is 3.05. The number of nitrogens with one attached hydrogen (secondary N) is 1. The first-order valence-corrected chi connectivity index (χ1v) is 11.4. The highest BCUT2D eigenvalue weighted by Gasteiger charge is 2.32. The molecule has 0 aliphatic heterocycles. The summed E-state index contributed by atoms with van der Waals surface area (Å²) in [6.45, 7) is 11.6. The molecule has 6 nitrogen and oxygen atoms in total. The van der Waals surface area contributed by atoms with Crippen LogP contribution in [0.2, 0.25) is 0 Å². The van der Waals surface area contributed by atoms with E-state index in [9.17, 15) is 4.79 Å². The SMILES string of the molecule is CCC(NC(=O)OC(C)(C)C)C(OS(C)(C)C)c1cc(C(C)C)on1. The number of hydrogen-bond acceptors (Lipinski definition) is 5. The van der Waals surface area contributed by atoms with Crippen LogP contribution in [-0.2, 0) is 8.92 Å². The number of carbonyl (C=O) groups is 1. The third-order valence-electron chi connectivity index (χ3n) is 3.31. The van der Waals surface area contributed by atoms with Gasteiger partial charge in [-0.25, -0.2) is 4.79 Å². The van der Waals surface area contributed by atoms with Gasteiger partial charge in [-0.15, -0.1) is 10.3 Å². The van der Waals surface area contributed by atoms with Gasteiger partial charge in [-0.3, -0.25) is 0 Å². The monoisotopic (exact) mass is 374 g/mol. The van der Waals surface area contributed by atoms with Gasteiger partial charge in [0.25, 0.3) is 0 Å². The normalized spacial score (nSPS) is 15.8. The van der Waals surface area contributed by atoms with Crippen molar-refractivity contribution in [1.29, 1.82) is 0 Å². The van der Waals surface area contributed by atoms with Crippen LogP contribution in [0.1, 0.15) is 71.4 Å². The summed E-state index contributed by atoms with van der Waals surface area (Å²) in [6.07, 6.45) is 6.02. The predicted molar refractivity (Wildman–Crippen MR) is 103 cm³/mol. The Morgan fingerprint density at radius 1 is 1.32 bits per heavy atom. The average molecular weight is 375 g/mol. The lowest BCUT2D eigenvalue weighted by molar-refractivity contribution is 0.0445. The van der Waals surface area contributed by atoms with E-state index >= 15 is 0 Å². The Labute approximate surface area is 153 Å². The third-order valence-corrected chi connectivity index (χ3v) is 4.09. The molecule has 25 heavy (non-hydrogen) atoms. The molecule has 0 radical (unpaired) electrons. The van der Waals surface area contributed by atoms with E-state index in [0.29, 0.717) is 12.1 Å². The van der Waals surface area contributed by atoms with Crippen molar-refractivity contribution in [3.8, 4) is 0 Å². The zero-order valence-electron chi connectivity index (χ0n) is 17.0. The van der Waals surface area contributed by atoms with Gasteiger partial charge in [-0.1, -0.05) is 25.9 Å². The van der Waals surface area contributed by atoms with E-state index < -0.39 is 22.0 Å². The second kappa shape index (κ2) is 8.45. The largest absolute Gasteiger partial charge is 0.444 e. The standard InChI is InChI=1S/C18H34N2O4S/c1-10-13(19-17(21)22-18(4,5)6)16(24-25(7,8)9)14-11-15(12(2)3)23-20-14/h11-13,16H,10H2,1-9H3,(H,19,21). The summed E-state index contributed by atoms with van der Waals surface area (Å²) in [5.74, 6) is 1.04. The van der Waals surface area contributed by atoms with E-state index in [1.165, 1.54) is 0 Å². The molecule has 0 spiro atoms. The van der Waals surface area contributed by atoms with Crippen molar-refractivity contribution in [1.82, 2.24) is 10.5 Å². The van der Waals surface area contributed by atoms with Crippen LogP contribution in [0.25, 0.3) is 0 Å². The molecule has 2 atom stereocenters. The molecule has 0 fully saturated rings. The number of nitrogens with zero attached hydrogens (tertiary/aromatic N) is 1. The van der Waals surface area contributed by atoms with E-state index in [0.717, 1.165) is 5.76 Å². The van der Waals surface area contributed by atoms with Gasteiger partial charge in [0.1, 0.15) is 23.2 Å². The van der Waals surface area contributed by atoms with Crippen molar-refractivity contribution in [3.05, 3.63) is 17.5 Å². The van der Waals surface area contributed by atoms with Gasteiger partial charge in [0.05, 0.1) is 6.04 Å². The molecule has 0 aliphatic rings. The van der Waals surface area contributed by atoms with Crippen LogP contribution >= 0.6 is 10.3 Å². The van der Waals surface area contributed by atoms with Gasteiger partial charge in [0.2, 0.25) is 0 Å². The van der Waals surface area contributed by atoms with Crippen LogP contribution < -0.4 is 5.32 Å². The molecule has 1 rings (SSSR count). The maximum Gasteiger partial charge on any atom is 0.407 e.